The second-order valence-corrected chi connectivity index (χ2v) is 7.66. The molecule has 0 aliphatic carbocycles. The second kappa shape index (κ2) is 7.46. The predicted molar refractivity (Wildman–Crippen MR) is 116 cm³/mol. The molecule has 0 radical (unpaired) electrons. The van der Waals surface area contributed by atoms with Gasteiger partial charge in [-0.25, -0.2) is 0 Å². The van der Waals surface area contributed by atoms with Gasteiger partial charge in [0.05, 0.1) is 13.2 Å². The van der Waals surface area contributed by atoms with E-state index in [4.69, 9.17) is 19.0 Å². The molecule has 0 bridgehead atoms. The number of furan rings is 1. The maximum Gasteiger partial charge on any atom is 0.235 e. The molecule has 0 saturated heterocycles. The van der Waals surface area contributed by atoms with E-state index >= 15 is 0 Å². The number of fused-ring (bicyclic) bond motifs is 2. The maximum atomic E-state index is 6.06. The Morgan fingerprint density at radius 2 is 1.80 bits per heavy atom. The van der Waals surface area contributed by atoms with E-state index in [1.54, 1.807) is 4.52 Å². The van der Waals surface area contributed by atoms with Gasteiger partial charge < -0.3 is 13.9 Å². The van der Waals surface area contributed by atoms with E-state index in [0.717, 1.165) is 32.9 Å². The number of nitrogens with zero attached hydrogens (tertiary/aromatic N) is 4. The summed E-state index contributed by atoms with van der Waals surface area (Å²) in [4.78, 5) is 0.701. The summed E-state index contributed by atoms with van der Waals surface area (Å²) < 4.78 is 19.2. The van der Waals surface area contributed by atoms with E-state index in [2.05, 4.69) is 10.2 Å². The van der Waals surface area contributed by atoms with Gasteiger partial charge in [-0.2, -0.15) is 9.61 Å². The molecule has 0 N–H and O–H groups in total. The molecular weight excluding hydrogens is 400 g/mol. The van der Waals surface area contributed by atoms with Gasteiger partial charge in [-0.1, -0.05) is 29.5 Å². The zero-order valence-corrected chi connectivity index (χ0v) is 17.7. The quantitative estimate of drug-likeness (QED) is 0.368. The first kappa shape index (κ1) is 18.6. The molecule has 5 aromatic rings. The van der Waals surface area contributed by atoms with Crippen LogP contribution in [0.3, 0.4) is 0 Å². The number of aryl methyl sites for hydroxylation is 1. The average molecular weight is 420 g/mol. The zero-order valence-electron chi connectivity index (χ0n) is 16.9. The molecule has 0 atom stereocenters. The van der Waals surface area contributed by atoms with Crippen LogP contribution in [0, 0.1) is 6.92 Å². The summed E-state index contributed by atoms with van der Waals surface area (Å²) in [6.07, 6.45) is 0. The lowest BCUT2D eigenvalue weighted by atomic mass is 10.1. The van der Waals surface area contributed by atoms with E-state index in [1.807, 2.05) is 63.2 Å². The standard InChI is InChI=1S/C22H20N4O3S/c1-4-27-17-11-10-14(12-18(17)28-5-2)21-25-26-20(23-24-22(26)30-21)19-13(3)15-8-6-7-9-16(15)29-19/h6-12H,4-5H2,1-3H3. The second-order valence-electron chi connectivity index (χ2n) is 6.71. The number of ether oxygens (including phenoxy) is 2. The molecule has 0 unspecified atom stereocenters. The van der Waals surface area contributed by atoms with Crippen LogP contribution in [0.15, 0.2) is 46.9 Å². The molecule has 7 nitrogen and oxygen atoms in total. The molecule has 8 heteroatoms. The Morgan fingerprint density at radius 3 is 2.60 bits per heavy atom. The third-order valence-corrected chi connectivity index (χ3v) is 5.78. The van der Waals surface area contributed by atoms with Crippen LogP contribution in [0.4, 0.5) is 0 Å². The lowest BCUT2D eigenvalue weighted by molar-refractivity contribution is 0.288. The summed E-state index contributed by atoms with van der Waals surface area (Å²) in [6, 6.07) is 13.8. The first-order chi connectivity index (χ1) is 14.7. The molecule has 0 aliphatic rings. The van der Waals surface area contributed by atoms with Crippen LogP contribution in [0.2, 0.25) is 0 Å². The summed E-state index contributed by atoms with van der Waals surface area (Å²) in [5.74, 6) is 2.71. The highest BCUT2D eigenvalue weighted by molar-refractivity contribution is 7.19. The van der Waals surface area contributed by atoms with Gasteiger partial charge in [0, 0.05) is 16.5 Å². The van der Waals surface area contributed by atoms with E-state index in [0.29, 0.717) is 35.5 Å². The summed E-state index contributed by atoms with van der Waals surface area (Å²) in [5, 5.41) is 15.3. The van der Waals surface area contributed by atoms with Crippen molar-refractivity contribution in [3.05, 3.63) is 48.0 Å². The Hall–Kier alpha value is -3.39. The van der Waals surface area contributed by atoms with Crippen molar-refractivity contribution in [3.8, 4) is 33.7 Å². The number of hydrogen-bond acceptors (Lipinski definition) is 7. The Morgan fingerprint density at radius 1 is 1.00 bits per heavy atom. The highest BCUT2D eigenvalue weighted by Crippen LogP contribution is 2.36. The Bertz CT molecular complexity index is 1350. The minimum atomic E-state index is 0.560. The number of aromatic nitrogens is 4. The molecule has 0 saturated carbocycles. The minimum Gasteiger partial charge on any atom is -0.490 e. The Balaban J connectivity index is 1.59. The van der Waals surface area contributed by atoms with Gasteiger partial charge in [0.25, 0.3) is 0 Å². The summed E-state index contributed by atoms with van der Waals surface area (Å²) in [5.41, 5.74) is 2.78. The molecule has 0 amide bonds. The van der Waals surface area contributed by atoms with Gasteiger partial charge in [-0.05, 0) is 45.0 Å². The fourth-order valence-electron chi connectivity index (χ4n) is 3.45. The fraction of sp³-hybridized carbons (Fsp3) is 0.227. The zero-order chi connectivity index (χ0) is 20.7. The Labute approximate surface area is 176 Å². The number of rotatable bonds is 6. The third kappa shape index (κ3) is 3.00. The molecule has 2 aromatic carbocycles. The smallest absolute Gasteiger partial charge is 0.235 e. The molecule has 5 rings (SSSR count). The van der Waals surface area contributed by atoms with Gasteiger partial charge in [0.1, 0.15) is 10.6 Å². The largest absolute Gasteiger partial charge is 0.490 e. The summed E-state index contributed by atoms with van der Waals surface area (Å²) in [7, 11) is 0. The molecular formula is C22H20N4O3S. The van der Waals surface area contributed by atoms with Crippen LogP contribution in [0.5, 0.6) is 11.5 Å². The van der Waals surface area contributed by atoms with Crippen molar-refractivity contribution in [2.75, 3.05) is 13.2 Å². The predicted octanol–water partition coefficient (Wildman–Crippen LogP) is 5.37. The van der Waals surface area contributed by atoms with Crippen molar-refractivity contribution in [1.82, 2.24) is 19.8 Å². The molecule has 3 aromatic heterocycles. The van der Waals surface area contributed by atoms with E-state index in [-0.39, 0.29) is 0 Å². The normalized spacial score (nSPS) is 11.4. The van der Waals surface area contributed by atoms with E-state index in [9.17, 15) is 0 Å². The Kier molecular flexibility index (Phi) is 4.63. The van der Waals surface area contributed by atoms with Crippen LogP contribution in [-0.4, -0.2) is 33.0 Å². The molecule has 0 fully saturated rings. The number of para-hydroxylation sites is 1. The number of hydrogen-bond donors (Lipinski definition) is 0. The topological polar surface area (TPSA) is 74.7 Å². The lowest BCUT2D eigenvalue weighted by Crippen LogP contribution is -1.98. The van der Waals surface area contributed by atoms with Crippen molar-refractivity contribution < 1.29 is 13.9 Å². The van der Waals surface area contributed by atoms with Gasteiger partial charge >= 0.3 is 0 Å². The van der Waals surface area contributed by atoms with Crippen molar-refractivity contribution in [3.63, 3.8) is 0 Å². The molecule has 30 heavy (non-hydrogen) atoms. The SMILES string of the molecule is CCOc1ccc(-c2nn3c(-c4oc5ccccc5c4C)nnc3s2)cc1OCC. The van der Waals surface area contributed by atoms with E-state index < -0.39 is 0 Å². The van der Waals surface area contributed by atoms with Gasteiger partial charge in [0.2, 0.25) is 10.8 Å². The monoisotopic (exact) mass is 420 g/mol. The van der Waals surface area contributed by atoms with Crippen LogP contribution in [0.1, 0.15) is 19.4 Å². The fourth-order valence-corrected chi connectivity index (χ4v) is 4.28. The van der Waals surface area contributed by atoms with Crippen molar-refractivity contribution >= 4 is 27.3 Å². The highest BCUT2D eigenvalue weighted by atomic mass is 32.1. The summed E-state index contributed by atoms with van der Waals surface area (Å²) >= 11 is 1.46. The molecule has 3 heterocycles. The van der Waals surface area contributed by atoms with Gasteiger partial charge in [-0.3, -0.25) is 0 Å². The summed E-state index contributed by atoms with van der Waals surface area (Å²) in [6.45, 7) is 7.07. The minimum absolute atomic E-state index is 0.560. The maximum absolute atomic E-state index is 6.06. The van der Waals surface area contributed by atoms with E-state index in [1.165, 1.54) is 11.3 Å². The van der Waals surface area contributed by atoms with Crippen molar-refractivity contribution in [2.24, 2.45) is 0 Å². The third-order valence-electron chi connectivity index (χ3n) is 4.83. The first-order valence-corrected chi connectivity index (χ1v) is 10.6. The number of benzene rings is 2. The molecule has 152 valence electrons. The highest BCUT2D eigenvalue weighted by Gasteiger charge is 2.21. The molecule has 0 aliphatic heterocycles. The van der Waals surface area contributed by atoms with Crippen LogP contribution in [0.25, 0.3) is 38.1 Å². The average Bonchev–Trinajstić information content (AvgIpc) is 3.43. The van der Waals surface area contributed by atoms with Crippen molar-refractivity contribution in [2.45, 2.75) is 20.8 Å². The molecule has 0 spiro atoms. The van der Waals surface area contributed by atoms with Crippen LogP contribution >= 0.6 is 11.3 Å². The van der Waals surface area contributed by atoms with Gasteiger partial charge in [-0.15, -0.1) is 10.2 Å². The first-order valence-electron chi connectivity index (χ1n) is 9.80. The van der Waals surface area contributed by atoms with Crippen LogP contribution in [-0.2, 0) is 0 Å². The van der Waals surface area contributed by atoms with Gasteiger partial charge in [0.15, 0.2) is 17.3 Å². The van der Waals surface area contributed by atoms with Crippen molar-refractivity contribution in [1.29, 1.82) is 0 Å². The lowest BCUT2D eigenvalue weighted by Gasteiger charge is -2.11. The van der Waals surface area contributed by atoms with Crippen LogP contribution < -0.4 is 9.47 Å².